The van der Waals surface area contributed by atoms with Crippen LogP contribution in [0.15, 0.2) is 36.4 Å². The number of anilines is 1. The Balaban J connectivity index is 2.02. The smallest absolute Gasteiger partial charge is 0.330 e. The molecule has 0 bridgehead atoms. The maximum absolute atomic E-state index is 12.3. The molecule has 0 aliphatic carbocycles. The molecule has 7 nitrogen and oxygen atoms in total. The van der Waals surface area contributed by atoms with Gasteiger partial charge in [0.1, 0.15) is 17.7 Å². The summed E-state index contributed by atoms with van der Waals surface area (Å²) in [6.07, 6.45) is 3.26. The lowest BCUT2D eigenvalue weighted by Crippen LogP contribution is -2.24. The standard InChI is InChI=1S/C24H31N3O4/c1-3-5-17-12-15(4-2)13-20(22(17)31-19-10-11-30-14-19)21(24(28)29)27-18-8-6-16(7-9-18)23(25)26/h6-9,12-13,19,21,27H,3-5,10-11,14H2,1-2H3,(H3,25,26)(H,28,29). The van der Waals surface area contributed by atoms with Gasteiger partial charge in [0.25, 0.3) is 0 Å². The summed E-state index contributed by atoms with van der Waals surface area (Å²) in [5, 5.41) is 20.8. The van der Waals surface area contributed by atoms with Crippen molar-refractivity contribution in [3.8, 4) is 5.75 Å². The highest BCUT2D eigenvalue weighted by atomic mass is 16.5. The number of aliphatic carboxylic acids is 1. The summed E-state index contributed by atoms with van der Waals surface area (Å²) in [6, 6.07) is 9.92. The van der Waals surface area contributed by atoms with Gasteiger partial charge in [-0.3, -0.25) is 5.41 Å². The fourth-order valence-electron chi connectivity index (χ4n) is 3.76. The minimum Gasteiger partial charge on any atom is -0.487 e. The lowest BCUT2D eigenvalue weighted by molar-refractivity contribution is -0.138. The van der Waals surface area contributed by atoms with Gasteiger partial charge in [0, 0.05) is 23.2 Å². The van der Waals surface area contributed by atoms with Crippen molar-refractivity contribution < 1.29 is 19.4 Å². The average molecular weight is 426 g/mol. The van der Waals surface area contributed by atoms with E-state index in [1.807, 2.05) is 6.07 Å². The Morgan fingerprint density at radius 1 is 1.32 bits per heavy atom. The molecule has 1 aliphatic rings. The van der Waals surface area contributed by atoms with Crippen molar-refractivity contribution in [3.63, 3.8) is 0 Å². The highest BCUT2D eigenvalue weighted by Crippen LogP contribution is 2.36. The molecule has 1 aliphatic heterocycles. The van der Waals surface area contributed by atoms with Crippen LogP contribution in [0.4, 0.5) is 5.69 Å². The van der Waals surface area contributed by atoms with Crippen molar-refractivity contribution in [2.75, 3.05) is 18.5 Å². The van der Waals surface area contributed by atoms with Crippen LogP contribution in [0.1, 0.15) is 55.0 Å². The minimum absolute atomic E-state index is 0.0318. The van der Waals surface area contributed by atoms with E-state index in [9.17, 15) is 9.90 Å². The first-order valence-electron chi connectivity index (χ1n) is 10.8. The predicted octanol–water partition coefficient (Wildman–Crippen LogP) is 3.89. The van der Waals surface area contributed by atoms with Gasteiger partial charge in [-0.1, -0.05) is 26.3 Å². The van der Waals surface area contributed by atoms with E-state index in [0.717, 1.165) is 36.8 Å². The monoisotopic (exact) mass is 425 g/mol. The third-order valence-electron chi connectivity index (χ3n) is 5.42. The molecular formula is C24H31N3O4. The molecule has 0 spiro atoms. The zero-order valence-electron chi connectivity index (χ0n) is 18.1. The zero-order valence-corrected chi connectivity index (χ0v) is 18.1. The lowest BCUT2D eigenvalue weighted by atomic mass is 9.95. The van der Waals surface area contributed by atoms with Gasteiger partial charge in [-0.15, -0.1) is 0 Å². The lowest BCUT2D eigenvalue weighted by Gasteiger charge is -2.25. The first-order chi connectivity index (χ1) is 14.9. The Bertz CT molecular complexity index is 921. The zero-order chi connectivity index (χ0) is 22.4. The average Bonchev–Trinajstić information content (AvgIpc) is 3.26. The molecule has 0 saturated carbocycles. The number of rotatable bonds is 10. The number of carbonyl (C=O) groups is 1. The van der Waals surface area contributed by atoms with E-state index in [4.69, 9.17) is 20.6 Å². The molecule has 31 heavy (non-hydrogen) atoms. The van der Waals surface area contributed by atoms with Crippen LogP contribution >= 0.6 is 0 Å². The summed E-state index contributed by atoms with van der Waals surface area (Å²) in [6.45, 7) is 5.32. The molecule has 166 valence electrons. The van der Waals surface area contributed by atoms with Gasteiger partial charge in [-0.25, -0.2) is 4.79 Å². The fourth-order valence-corrected chi connectivity index (χ4v) is 3.76. The van der Waals surface area contributed by atoms with Gasteiger partial charge >= 0.3 is 5.97 Å². The molecule has 0 amide bonds. The summed E-state index contributed by atoms with van der Waals surface area (Å²) in [5.41, 5.74) is 9.47. The van der Waals surface area contributed by atoms with Gasteiger partial charge in [0.05, 0.1) is 13.2 Å². The van der Waals surface area contributed by atoms with Crippen molar-refractivity contribution in [1.29, 1.82) is 5.41 Å². The summed E-state index contributed by atoms with van der Waals surface area (Å²) in [4.78, 5) is 12.3. The summed E-state index contributed by atoms with van der Waals surface area (Å²) in [5.74, 6) is -0.371. The maximum atomic E-state index is 12.3. The molecule has 1 heterocycles. The number of benzene rings is 2. The van der Waals surface area contributed by atoms with Crippen molar-refractivity contribution >= 4 is 17.5 Å². The van der Waals surface area contributed by atoms with Crippen LogP contribution in [0.25, 0.3) is 0 Å². The van der Waals surface area contributed by atoms with Crippen LogP contribution in [0.5, 0.6) is 5.75 Å². The van der Waals surface area contributed by atoms with Gasteiger partial charge in [-0.05, 0) is 54.3 Å². The van der Waals surface area contributed by atoms with Gasteiger partial charge in [-0.2, -0.15) is 0 Å². The fraction of sp³-hybridized carbons (Fsp3) is 0.417. The number of ether oxygens (including phenoxy) is 2. The Morgan fingerprint density at radius 3 is 2.61 bits per heavy atom. The number of carboxylic acid groups (broad SMARTS) is 1. The second-order valence-corrected chi connectivity index (χ2v) is 7.79. The molecule has 3 rings (SSSR count). The van der Waals surface area contributed by atoms with Crippen LogP contribution < -0.4 is 15.8 Å². The molecule has 1 saturated heterocycles. The SMILES string of the molecule is CCCc1cc(CC)cc(C(Nc2ccc(C(=N)N)cc2)C(=O)O)c1OC1CCOC1. The summed E-state index contributed by atoms with van der Waals surface area (Å²) in [7, 11) is 0. The molecular weight excluding hydrogens is 394 g/mol. The molecule has 2 aromatic rings. The van der Waals surface area contributed by atoms with Gasteiger partial charge in [0.2, 0.25) is 0 Å². The number of aryl methyl sites for hydroxylation is 2. The highest BCUT2D eigenvalue weighted by molar-refractivity contribution is 5.95. The maximum Gasteiger partial charge on any atom is 0.330 e. The molecule has 0 radical (unpaired) electrons. The van der Waals surface area contributed by atoms with E-state index < -0.39 is 12.0 Å². The molecule has 2 aromatic carbocycles. The van der Waals surface area contributed by atoms with Crippen LogP contribution in [0, 0.1) is 5.41 Å². The first kappa shape index (κ1) is 22.6. The van der Waals surface area contributed by atoms with Gasteiger partial charge < -0.3 is 25.6 Å². The second-order valence-electron chi connectivity index (χ2n) is 7.79. The van der Waals surface area contributed by atoms with Gasteiger partial charge in [0.15, 0.2) is 6.04 Å². The Morgan fingerprint density at radius 2 is 2.06 bits per heavy atom. The molecule has 2 unspecified atom stereocenters. The Labute approximate surface area is 183 Å². The number of hydrogen-bond donors (Lipinski definition) is 4. The summed E-state index contributed by atoms with van der Waals surface area (Å²) >= 11 is 0. The predicted molar refractivity (Wildman–Crippen MR) is 121 cm³/mol. The number of nitrogens with two attached hydrogens (primary N) is 1. The number of nitrogens with one attached hydrogen (secondary N) is 2. The van der Waals surface area contributed by atoms with Crippen molar-refractivity contribution in [3.05, 3.63) is 58.7 Å². The van der Waals surface area contributed by atoms with E-state index in [0.29, 0.717) is 35.8 Å². The normalized spacial score (nSPS) is 16.6. The second kappa shape index (κ2) is 10.3. The van der Waals surface area contributed by atoms with Crippen molar-refractivity contribution in [2.45, 2.75) is 51.7 Å². The van der Waals surface area contributed by atoms with E-state index >= 15 is 0 Å². The van der Waals surface area contributed by atoms with Crippen molar-refractivity contribution in [2.24, 2.45) is 5.73 Å². The number of nitrogen functional groups attached to an aromatic ring is 1. The van der Waals surface area contributed by atoms with E-state index in [2.05, 4.69) is 25.2 Å². The topological polar surface area (TPSA) is 118 Å². The number of amidine groups is 1. The van der Waals surface area contributed by atoms with Crippen LogP contribution in [-0.4, -0.2) is 36.2 Å². The van der Waals surface area contributed by atoms with Crippen LogP contribution in [0.3, 0.4) is 0 Å². The minimum atomic E-state index is -0.987. The van der Waals surface area contributed by atoms with Crippen LogP contribution in [-0.2, 0) is 22.4 Å². The Kier molecular flexibility index (Phi) is 7.52. The van der Waals surface area contributed by atoms with E-state index in [-0.39, 0.29) is 11.9 Å². The third kappa shape index (κ3) is 5.55. The number of hydrogen-bond acceptors (Lipinski definition) is 5. The highest BCUT2D eigenvalue weighted by Gasteiger charge is 2.28. The largest absolute Gasteiger partial charge is 0.487 e. The molecule has 1 fully saturated rings. The van der Waals surface area contributed by atoms with E-state index in [1.165, 1.54) is 0 Å². The van der Waals surface area contributed by atoms with Crippen molar-refractivity contribution in [1.82, 2.24) is 0 Å². The summed E-state index contributed by atoms with van der Waals surface area (Å²) < 4.78 is 11.8. The molecule has 5 N–H and O–H groups in total. The quantitative estimate of drug-likeness (QED) is 0.339. The van der Waals surface area contributed by atoms with E-state index in [1.54, 1.807) is 24.3 Å². The molecule has 7 heteroatoms. The number of carboxylic acids is 1. The van der Waals surface area contributed by atoms with Crippen LogP contribution in [0.2, 0.25) is 0 Å². The molecule has 0 aromatic heterocycles. The Hall–Kier alpha value is -3.06. The first-order valence-corrected chi connectivity index (χ1v) is 10.8. The third-order valence-corrected chi connectivity index (χ3v) is 5.42. The molecule has 2 atom stereocenters.